The highest BCUT2D eigenvalue weighted by molar-refractivity contribution is 6.35. The zero-order valence-electron chi connectivity index (χ0n) is 15.0. The van der Waals surface area contributed by atoms with Gasteiger partial charge >= 0.3 is 0 Å². The summed E-state index contributed by atoms with van der Waals surface area (Å²) in [6, 6.07) is 9.66. The van der Waals surface area contributed by atoms with E-state index in [1.54, 1.807) is 17.2 Å². The van der Waals surface area contributed by atoms with Crippen molar-refractivity contribution >= 4 is 39.8 Å². The summed E-state index contributed by atoms with van der Waals surface area (Å²) in [5.41, 5.74) is 0.731. The molecule has 28 heavy (non-hydrogen) atoms. The minimum Gasteiger partial charge on any atom is -0.491 e. The highest BCUT2D eigenvalue weighted by Gasteiger charge is 2.25. The van der Waals surface area contributed by atoms with E-state index >= 15 is 0 Å². The SMILES string of the molecule is Fc1cc(Cl)cc(F)c1N1CCC(COc2ccc(Cl)c3cccnc23)CC1. The molecule has 1 aliphatic rings. The highest BCUT2D eigenvalue weighted by atomic mass is 35.5. The van der Waals surface area contributed by atoms with E-state index in [1.807, 2.05) is 18.2 Å². The minimum absolute atomic E-state index is 0.00309. The number of hydrogen-bond donors (Lipinski definition) is 0. The molecule has 0 unspecified atom stereocenters. The van der Waals surface area contributed by atoms with Gasteiger partial charge in [-0.25, -0.2) is 8.78 Å². The van der Waals surface area contributed by atoms with Gasteiger partial charge in [-0.15, -0.1) is 0 Å². The molecule has 1 aliphatic heterocycles. The summed E-state index contributed by atoms with van der Waals surface area (Å²) in [6.45, 7) is 1.64. The lowest BCUT2D eigenvalue weighted by atomic mass is 9.97. The van der Waals surface area contributed by atoms with Crippen LogP contribution < -0.4 is 9.64 Å². The standard InChI is InChI=1S/C21H18Cl2F2N2O/c22-14-10-17(24)21(18(25)11-14)27-8-5-13(6-9-27)12-28-19-4-3-16(23)15-2-1-7-26-20(15)19/h1-4,7,10-11,13H,5-6,8-9,12H2. The lowest BCUT2D eigenvalue weighted by Crippen LogP contribution is -2.36. The van der Waals surface area contributed by atoms with Crippen LogP contribution in [0.1, 0.15) is 12.8 Å². The Kier molecular flexibility index (Phi) is 5.56. The van der Waals surface area contributed by atoms with E-state index in [9.17, 15) is 8.78 Å². The molecule has 0 amide bonds. The first-order valence-corrected chi connectivity index (χ1v) is 9.84. The molecule has 7 heteroatoms. The van der Waals surface area contributed by atoms with Crippen molar-refractivity contribution in [1.82, 2.24) is 4.98 Å². The third-order valence-corrected chi connectivity index (χ3v) is 5.61. The van der Waals surface area contributed by atoms with Crippen molar-refractivity contribution in [2.75, 3.05) is 24.6 Å². The van der Waals surface area contributed by atoms with E-state index in [-0.39, 0.29) is 10.7 Å². The summed E-state index contributed by atoms with van der Waals surface area (Å²) in [5.74, 6) is -0.266. The molecule has 2 aromatic carbocycles. The first-order valence-electron chi connectivity index (χ1n) is 9.08. The molecule has 2 heterocycles. The molecule has 0 radical (unpaired) electrons. The van der Waals surface area contributed by atoms with E-state index < -0.39 is 11.6 Å². The summed E-state index contributed by atoms with van der Waals surface area (Å²) in [5, 5.41) is 1.55. The first-order chi connectivity index (χ1) is 13.5. The number of fused-ring (bicyclic) bond motifs is 1. The topological polar surface area (TPSA) is 25.4 Å². The van der Waals surface area contributed by atoms with Crippen LogP contribution in [0.5, 0.6) is 5.75 Å². The smallest absolute Gasteiger partial charge is 0.150 e. The van der Waals surface area contributed by atoms with Gasteiger partial charge in [0.05, 0.1) is 11.6 Å². The second-order valence-corrected chi connectivity index (χ2v) is 7.75. The van der Waals surface area contributed by atoms with Crippen LogP contribution in [0.3, 0.4) is 0 Å². The van der Waals surface area contributed by atoms with Gasteiger partial charge in [-0.1, -0.05) is 23.2 Å². The maximum Gasteiger partial charge on any atom is 0.150 e. The quantitative estimate of drug-likeness (QED) is 0.506. The molecule has 0 aliphatic carbocycles. The van der Waals surface area contributed by atoms with E-state index in [0.717, 1.165) is 35.9 Å². The van der Waals surface area contributed by atoms with Gasteiger partial charge in [0.2, 0.25) is 0 Å². The van der Waals surface area contributed by atoms with Crippen LogP contribution in [-0.4, -0.2) is 24.7 Å². The number of piperidine rings is 1. The summed E-state index contributed by atoms with van der Waals surface area (Å²) in [7, 11) is 0. The molecule has 1 fully saturated rings. The number of pyridine rings is 1. The van der Waals surface area contributed by atoms with Gasteiger partial charge in [0, 0.05) is 29.7 Å². The third-order valence-electron chi connectivity index (χ3n) is 5.07. The number of benzene rings is 2. The second kappa shape index (κ2) is 8.10. The molecule has 4 rings (SSSR count). The van der Waals surface area contributed by atoms with Crippen LogP contribution in [0.25, 0.3) is 10.9 Å². The minimum atomic E-state index is -0.626. The predicted octanol–water partition coefficient (Wildman–Crippen LogP) is 6.12. The normalized spacial score (nSPS) is 15.2. The average molecular weight is 423 g/mol. The summed E-state index contributed by atoms with van der Waals surface area (Å²) in [4.78, 5) is 6.11. The summed E-state index contributed by atoms with van der Waals surface area (Å²) < 4.78 is 34.3. The number of halogens is 4. The molecule has 1 saturated heterocycles. The van der Waals surface area contributed by atoms with Gasteiger partial charge in [-0.3, -0.25) is 4.98 Å². The molecule has 146 valence electrons. The molecular weight excluding hydrogens is 405 g/mol. The fraction of sp³-hybridized carbons (Fsp3) is 0.286. The Labute approximate surface area is 171 Å². The van der Waals surface area contributed by atoms with Crippen molar-refractivity contribution in [3.05, 3.63) is 64.3 Å². The monoisotopic (exact) mass is 422 g/mol. The lowest BCUT2D eigenvalue weighted by Gasteiger charge is -2.33. The van der Waals surface area contributed by atoms with Crippen LogP contribution in [-0.2, 0) is 0 Å². The van der Waals surface area contributed by atoms with Crippen molar-refractivity contribution in [2.45, 2.75) is 12.8 Å². The van der Waals surface area contributed by atoms with Gasteiger partial charge in [0.15, 0.2) is 11.6 Å². The Balaban J connectivity index is 1.40. The van der Waals surface area contributed by atoms with E-state index in [4.69, 9.17) is 27.9 Å². The van der Waals surface area contributed by atoms with Crippen LogP contribution in [0.2, 0.25) is 10.0 Å². The Morgan fingerprint density at radius 1 is 1.07 bits per heavy atom. The van der Waals surface area contributed by atoms with Crippen molar-refractivity contribution in [3.8, 4) is 5.75 Å². The van der Waals surface area contributed by atoms with E-state index in [1.165, 1.54) is 0 Å². The molecule has 3 aromatic rings. The molecule has 3 nitrogen and oxygen atoms in total. The van der Waals surface area contributed by atoms with Crippen molar-refractivity contribution in [1.29, 1.82) is 0 Å². The number of anilines is 1. The summed E-state index contributed by atoms with van der Waals surface area (Å²) >= 11 is 11.9. The molecule has 0 bridgehead atoms. The van der Waals surface area contributed by atoms with E-state index in [2.05, 4.69) is 4.98 Å². The predicted molar refractivity (Wildman–Crippen MR) is 109 cm³/mol. The average Bonchev–Trinajstić information content (AvgIpc) is 2.68. The number of ether oxygens (including phenoxy) is 1. The van der Waals surface area contributed by atoms with Crippen LogP contribution in [0.15, 0.2) is 42.6 Å². The fourth-order valence-electron chi connectivity index (χ4n) is 3.60. The molecule has 1 aromatic heterocycles. The maximum absolute atomic E-state index is 14.1. The Bertz CT molecular complexity index is 984. The third kappa shape index (κ3) is 3.87. The highest BCUT2D eigenvalue weighted by Crippen LogP contribution is 2.32. The zero-order chi connectivity index (χ0) is 19.7. The number of aromatic nitrogens is 1. The van der Waals surface area contributed by atoms with Gasteiger partial charge in [0.1, 0.15) is 17.0 Å². The summed E-state index contributed by atoms with van der Waals surface area (Å²) in [6.07, 6.45) is 3.26. The van der Waals surface area contributed by atoms with Crippen LogP contribution >= 0.6 is 23.2 Å². The number of rotatable bonds is 4. The first kappa shape index (κ1) is 19.2. The molecule has 0 atom stereocenters. The number of nitrogens with zero attached hydrogens (tertiary/aromatic N) is 2. The second-order valence-electron chi connectivity index (χ2n) is 6.90. The lowest BCUT2D eigenvalue weighted by molar-refractivity contribution is 0.224. The van der Waals surface area contributed by atoms with Gasteiger partial charge < -0.3 is 9.64 Å². The Morgan fingerprint density at radius 3 is 2.50 bits per heavy atom. The fourth-order valence-corrected chi connectivity index (χ4v) is 4.00. The zero-order valence-corrected chi connectivity index (χ0v) is 16.5. The molecule has 0 spiro atoms. The van der Waals surface area contributed by atoms with Gasteiger partial charge in [-0.05, 0) is 55.2 Å². The molecule has 0 N–H and O–H groups in total. The van der Waals surface area contributed by atoms with E-state index in [0.29, 0.717) is 36.4 Å². The number of hydrogen-bond acceptors (Lipinski definition) is 3. The molecule has 0 saturated carbocycles. The van der Waals surface area contributed by atoms with Crippen molar-refractivity contribution in [2.24, 2.45) is 5.92 Å². The van der Waals surface area contributed by atoms with Crippen molar-refractivity contribution < 1.29 is 13.5 Å². The van der Waals surface area contributed by atoms with Crippen LogP contribution in [0.4, 0.5) is 14.5 Å². The maximum atomic E-state index is 14.1. The molecular formula is C21H18Cl2F2N2O. The largest absolute Gasteiger partial charge is 0.491 e. The van der Waals surface area contributed by atoms with Gasteiger partial charge in [0.25, 0.3) is 0 Å². The van der Waals surface area contributed by atoms with Crippen LogP contribution in [0, 0.1) is 17.6 Å². The van der Waals surface area contributed by atoms with Crippen molar-refractivity contribution in [3.63, 3.8) is 0 Å². The Morgan fingerprint density at radius 2 is 1.79 bits per heavy atom. The Hall–Kier alpha value is -2.11. The van der Waals surface area contributed by atoms with Gasteiger partial charge in [-0.2, -0.15) is 0 Å².